The third-order valence-electron chi connectivity index (χ3n) is 2.67. The van der Waals surface area contributed by atoms with Gasteiger partial charge in [0.15, 0.2) is 0 Å². The van der Waals surface area contributed by atoms with Gasteiger partial charge in [0.25, 0.3) is 0 Å². The molecule has 0 atom stereocenters. The maximum absolute atomic E-state index is 11.8. The Labute approximate surface area is 121 Å². The van der Waals surface area contributed by atoms with E-state index in [4.69, 9.17) is 5.73 Å². The van der Waals surface area contributed by atoms with Gasteiger partial charge in [-0.3, -0.25) is 10.1 Å². The van der Waals surface area contributed by atoms with Crippen molar-refractivity contribution in [3.8, 4) is 0 Å². The molecule has 2 aromatic rings. The van der Waals surface area contributed by atoms with Crippen molar-refractivity contribution in [3.63, 3.8) is 0 Å². The molecule has 110 valence electrons. The summed E-state index contributed by atoms with van der Waals surface area (Å²) in [5.41, 5.74) is 7.44. The lowest BCUT2D eigenvalue weighted by Gasteiger charge is -2.08. The van der Waals surface area contributed by atoms with Crippen molar-refractivity contribution in [2.45, 2.75) is 4.90 Å². The van der Waals surface area contributed by atoms with Gasteiger partial charge in [0.2, 0.25) is 9.84 Å². The summed E-state index contributed by atoms with van der Waals surface area (Å²) in [7, 11) is -3.94. The molecule has 0 spiro atoms. The number of nitrogens with two attached hydrogens (primary N) is 1. The molecule has 0 unspecified atom stereocenters. The van der Waals surface area contributed by atoms with Crippen LogP contribution in [0.3, 0.4) is 0 Å². The van der Waals surface area contributed by atoms with Gasteiger partial charge < -0.3 is 11.1 Å². The van der Waals surface area contributed by atoms with Crippen LogP contribution in [0.15, 0.2) is 53.4 Å². The van der Waals surface area contributed by atoms with E-state index >= 15 is 0 Å². The van der Waals surface area contributed by atoms with Gasteiger partial charge >= 0.3 is 5.88 Å². The summed E-state index contributed by atoms with van der Waals surface area (Å²) in [5, 5.41) is 13.4. The van der Waals surface area contributed by atoms with Crippen LogP contribution in [-0.2, 0) is 9.84 Å². The van der Waals surface area contributed by atoms with Crippen LogP contribution < -0.4 is 11.1 Å². The van der Waals surface area contributed by atoms with Gasteiger partial charge in [-0.05, 0) is 42.5 Å². The fourth-order valence-electron chi connectivity index (χ4n) is 1.71. The first-order valence-electron chi connectivity index (χ1n) is 5.94. The molecular formula is C13H13N3O4S. The number of sulfone groups is 1. The maximum atomic E-state index is 11.8. The van der Waals surface area contributed by atoms with Crippen LogP contribution >= 0.6 is 0 Å². The van der Waals surface area contributed by atoms with Gasteiger partial charge in [-0.25, -0.2) is 8.42 Å². The summed E-state index contributed by atoms with van der Waals surface area (Å²) < 4.78 is 23.6. The largest absolute Gasteiger partial charge is 0.399 e. The highest BCUT2D eigenvalue weighted by molar-refractivity contribution is 7.91. The molecular weight excluding hydrogens is 294 g/mol. The molecule has 0 aromatic heterocycles. The molecule has 2 aromatic carbocycles. The first kappa shape index (κ1) is 14.8. The Morgan fingerprint density at radius 2 is 1.76 bits per heavy atom. The normalized spacial score (nSPS) is 11.0. The number of nitrogen functional groups attached to an aromatic ring is 1. The zero-order valence-electron chi connectivity index (χ0n) is 10.9. The predicted molar refractivity (Wildman–Crippen MR) is 79.6 cm³/mol. The third-order valence-corrected chi connectivity index (χ3v) is 4.19. The molecule has 0 heterocycles. The molecule has 0 amide bonds. The van der Waals surface area contributed by atoms with Crippen LogP contribution in [0, 0.1) is 10.1 Å². The van der Waals surface area contributed by atoms with Crippen LogP contribution in [0.2, 0.25) is 0 Å². The highest BCUT2D eigenvalue weighted by atomic mass is 32.2. The molecule has 0 saturated heterocycles. The maximum Gasteiger partial charge on any atom is 0.305 e. The average molecular weight is 307 g/mol. The Hall–Kier alpha value is -2.61. The lowest BCUT2D eigenvalue weighted by atomic mass is 10.2. The number of anilines is 3. The van der Waals surface area contributed by atoms with Crippen molar-refractivity contribution in [1.82, 2.24) is 0 Å². The Bertz CT molecular complexity index is 757. The Morgan fingerprint density at radius 1 is 1.10 bits per heavy atom. The van der Waals surface area contributed by atoms with E-state index in [0.717, 1.165) is 5.69 Å². The third kappa shape index (κ3) is 3.93. The minimum Gasteiger partial charge on any atom is -0.399 e. The second kappa shape index (κ2) is 5.80. The fraction of sp³-hybridized carbons (Fsp3) is 0.0769. The first-order valence-corrected chi connectivity index (χ1v) is 7.59. The van der Waals surface area contributed by atoms with Crippen LogP contribution in [-0.4, -0.2) is 19.2 Å². The summed E-state index contributed by atoms with van der Waals surface area (Å²) in [5.74, 6) is -1.13. The minimum absolute atomic E-state index is 0.0976. The van der Waals surface area contributed by atoms with Crippen molar-refractivity contribution in [2.24, 2.45) is 0 Å². The first-order chi connectivity index (χ1) is 9.87. The van der Waals surface area contributed by atoms with Gasteiger partial charge in [-0.2, -0.15) is 0 Å². The van der Waals surface area contributed by atoms with Gasteiger partial charge in [-0.15, -0.1) is 0 Å². The van der Waals surface area contributed by atoms with E-state index in [1.807, 2.05) is 0 Å². The van der Waals surface area contributed by atoms with Gasteiger partial charge in [0.1, 0.15) is 0 Å². The monoisotopic (exact) mass is 307 g/mol. The summed E-state index contributed by atoms with van der Waals surface area (Å²) in [6, 6.07) is 12.8. The lowest BCUT2D eigenvalue weighted by Crippen LogP contribution is -2.14. The molecule has 0 aliphatic rings. The van der Waals surface area contributed by atoms with E-state index in [9.17, 15) is 18.5 Å². The minimum atomic E-state index is -3.94. The molecule has 7 nitrogen and oxygen atoms in total. The molecule has 0 fully saturated rings. The van der Waals surface area contributed by atoms with Crippen molar-refractivity contribution in [2.75, 3.05) is 16.9 Å². The number of benzene rings is 2. The molecule has 0 radical (unpaired) electrons. The highest BCUT2D eigenvalue weighted by Gasteiger charge is 2.21. The second-order valence-corrected chi connectivity index (χ2v) is 6.31. The number of hydrogen-bond acceptors (Lipinski definition) is 6. The van der Waals surface area contributed by atoms with Gasteiger partial charge in [-0.1, -0.05) is 6.07 Å². The number of rotatable bonds is 5. The number of nitrogens with one attached hydrogen (secondary N) is 1. The smallest absolute Gasteiger partial charge is 0.305 e. The van der Waals surface area contributed by atoms with Crippen LogP contribution in [0.1, 0.15) is 0 Å². The highest BCUT2D eigenvalue weighted by Crippen LogP contribution is 2.21. The zero-order valence-corrected chi connectivity index (χ0v) is 11.7. The van der Waals surface area contributed by atoms with Crippen molar-refractivity contribution in [3.05, 3.63) is 58.6 Å². The van der Waals surface area contributed by atoms with E-state index in [0.29, 0.717) is 11.4 Å². The quantitative estimate of drug-likeness (QED) is 0.496. The number of nitrogens with zero attached hydrogens (tertiary/aromatic N) is 1. The summed E-state index contributed by atoms with van der Waals surface area (Å²) in [6.45, 7) is 0. The van der Waals surface area contributed by atoms with E-state index in [1.165, 1.54) is 18.2 Å². The summed E-state index contributed by atoms with van der Waals surface area (Å²) >= 11 is 0. The van der Waals surface area contributed by atoms with E-state index in [1.54, 1.807) is 30.3 Å². The topological polar surface area (TPSA) is 115 Å². The molecule has 0 aliphatic carbocycles. The standard InChI is InChI=1S/C13H13N3O4S/c14-10-4-6-11(7-5-10)15-12-2-1-3-13(8-12)21(19,20)9-16(17)18/h1-8,15H,9,14H2. The Balaban J connectivity index is 2.25. The lowest BCUT2D eigenvalue weighted by molar-refractivity contribution is -0.458. The fourth-order valence-corrected chi connectivity index (χ4v) is 2.73. The Kier molecular flexibility index (Phi) is 4.08. The van der Waals surface area contributed by atoms with Crippen molar-refractivity contribution < 1.29 is 13.3 Å². The molecule has 8 heteroatoms. The SMILES string of the molecule is Nc1ccc(Nc2cccc(S(=O)(=O)C[N+](=O)[O-])c2)cc1. The molecule has 2 rings (SSSR count). The molecule has 3 N–H and O–H groups in total. The molecule has 0 aliphatic heterocycles. The average Bonchev–Trinajstić information content (AvgIpc) is 2.40. The summed E-state index contributed by atoms with van der Waals surface area (Å²) in [6.07, 6.45) is 0. The predicted octanol–water partition coefficient (Wildman–Crippen LogP) is 2.02. The number of hydrogen-bond donors (Lipinski definition) is 2. The van der Waals surface area contributed by atoms with E-state index < -0.39 is 20.6 Å². The second-order valence-electron chi connectivity index (χ2n) is 4.35. The van der Waals surface area contributed by atoms with Crippen LogP contribution in [0.25, 0.3) is 0 Å². The Morgan fingerprint density at radius 3 is 2.38 bits per heavy atom. The van der Waals surface area contributed by atoms with Gasteiger partial charge in [0.05, 0.1) is 4.90 Å². The summed E-state index contributed by atoms with van der Waals surface area (Å²) in [4.78, 5) is 9.43. The van der Waals surface area contributed by atoms with E-state index in [-0.39, 0.29) is 4.90 Å². The molecule has 0 bridgehead atoms. The molecule has 21 heavy (non-hydrogen) atoms. The van der Waals surface area contributed by atoms with Gasteiger partial charge in [0, 0.05) is 22.0 Å². The van der Waals surface area contributed by atoms with Crippen molar-refractivity contribution >= 4 is 26.9 Å². The van der Waals surface area contributed by atoms with Crippen molar-refractivity contribution in [1.29, 1.82) is 0 Å². The van der Waals surface area contributed by atoms with Crippen LogP contribution in [0.4, 0.5) is 17.1 Å². The van der Waals surface area contributed by atoms with Crippen LogP contribution in [0.5, 0.6) is 0 Å². The zero-order chi connectivity index (χ0) is 15.5. The van der Waals surface area contributed by atoms with E-state index in [2.05, 4.69) is 5.32 Å². The number of nitro groups is 1. The molecule has 0 saturated carbocycles.